The van der Waals surface area contributed by atoms with E-state index in [4.69, 9.17) is 4.74 Å². The number of phenolic OH excluding ortho intramolecular Hbond substituents is 1. The Bertz CT molecular complexity index is 809. The fourth-order valence-electron chi connectivity index (χ4n) is 2.55. The number of aromatic hydroxyl groups is 1. The van der Waals surface area contributed by atoms with Crippen molar-refractivity contribution in [3.8, 4) is 11.4 Å². The lowest BCUT2D eigenvalue weighted by molar-refractivity contribution is 0.0896. The molecule has 3 rings (SSSR count). The summed E-state index contributed by atoms with van der Waals surface area (Å²) in [5, 5.41) is 19.5. The van der Waals surface area contributed by atoms with Gasteiger partial charge < -0.3 is 9.84 Å². The summed E-state index contributed by atoms with van der Waals surface area (Å²) in [5.41, 5.74) is 3.97. The molecule has 2 aromatic carbocycles. The lowest BCUT2D eigenvalue weighted by Crippen LogP contribution is -2.06. The number of nitrogens with zero attached hydrogens (tertiary/aromatic N) is 3. The summed E-state index contributed by atoms with van der Waals surface area (Å²) in [5.74, 6) is 0.680. The highest BCUT2D eigenvalue weighted by Gasteiger charge is 2.14. The van der Waals surface area contributed by atoms with E-state index in [1.54, 1.807) is 0 Å². The predicted molar refractivity (Wildman–Crippen MR) is 94.4 cm³/mol. The van der Waals surface area contributed by atoms with Crippen molar-refractivity contribution in [1.82, 2.24) is 15.0 Å². The molecule has 0 fully saturated rings. The third-order valence-electron chi connectivity index (χ3n) is 4.17. The molecule has 0 radical (unpaired) electrons. The van der Waals surface area contributed by atoms with Gasteiger partial charge in [0.1, 0.15) is 22.5 Å². The highest BCUT2D eigenvalue weighted by molar-refractivity contribution is 5.73. The van der Waals surface area contributed by atoms with Gasteiger partial charge in [-0.15, -0.1) is 15.0 Å². The Kier molecular flexibility index (Phi) is 4.81. The van der Waals surface area contributed by atoms with Crippen molar-refractivity contribution in [3.05, 3.63) is 47.5 Å². The van der Waals surface area contributed by atoms with Crippen LogP contribution >= 0.6 is 0 Å². The van der Waals surface area contributed by atoms with E-state index in [-0.39, 0.29) is 5.75 Å². The largest absolute Gasteiger partial charge is 0.505 e. The average Bonchev–Trinajstić information content (AvgIpc) is 3.01. The zero-order chi connectivity index (χ0) is 17.1. The van der Waals surface area contributed by atoms with E-state index < -0.39 is 0 Å². The van der Waals surface area contributed by atoms with Gasteiger partial charge in [0.05, 0.1) is 6.61 Å². The Morgan fingerprint density at radius 3 is 2.46 bits per heavy atom. The van der Waals surface area contributed by atoms with E-state index in [1.807, 2.05) is 43.3 Å². The van der Waals surface area contributed by atoms with Crippen LogP contribution in [0.2, 0.25) is 0 Å². The van der Waals surface area contributed by atoms with Gasteiger partial charge in [-0.1, -0.05) is 32.4 Å². The number of hydrogen-bond donors (Lipinski definition) is 1. The van der Waals surface area contributed by atoms with E-state index in [1.165, 1.54) is 4.80 Å². The maximum atomic E-state index is 10.6. The Morgan fingerprint density at radius 2 is 1.83 bits per heavy atom. The quantitative estimate of drug-likeness (QED) is 0.744. The molecule has 1 atom stereocenters. The van der Waals surface area contributed by atoms with E-state index in [9.17, 15) is 5.11 Å². The Labute approximate surface area is 141 Å². The summed E-state index contributed by atoms with van der Waals surface area (Å²) in [6, 6.07) is 11.5. The minimum absolute atomic E-state index is 0.171. The molecule has 1 N–H and O–H groups in total. The van der Waals surface area contributed by atoms with Crippen molar-refractivity contribution in [2.24, 2.45) is 5.92 Å². The molecule has 24 heavy (non-hydrogen) atoms. The van der Waals surface area contributed by atoms with E-state index in [2.05, 4.69) is 24.0 Å². The third-order valence-corrected chi connectivity index (χ3v) is 4.17. The van der Waals surface area contributed by atoms with Crippen LogP contribution in [0.25, 0.3) is 16.7 Å². The molecule has 0 amide bonds. The number of hydrogen-bond acceptors (Lipinski definition) is 4. The van der Waals surface area contributed by atoms with Crippen LogP contribution in [0.3, 0.4) is 0 Å². The summed E-state index contributed by atoms with van der Waals surface area (Å²) in [7, 11) is 0. The number of rotatable bonds is 6. The summed E-state index contributed by atoms with van der Waals surface area (Å²) in [4.78, 5) is 1.49. The van der Waals surface area contributed by atoms with Crippen molar-refractivity contribution in [3.63, 3.8) is 0 Å². The maximum Gasteiger partial charge on any atom is 0.148 e. The van der Waals surface area contributed by atoms with Crippen LogP contribution in [-0.2, 0) is 11.3 Å². The molecular weight excluding hydrogens is 302 g/mol. The second-order valence-corrected chi connectivity index (χ2v) is 6.30. The first-order valence-electron chi connectivity index (χ1n) is 8.31. The van der Waals surface area contributed by atoms with Gasteiger partial charge in [-0.2, -0.15) is 0 Å². The van der Waals surface area contributed by atoms with Gasteiger partial charge in [-0.3, -0.25) is 0 Å². The van der Waals surface area contributed by atoms with Crippen molar-refractivity contribution in [2.45, 2.75) is 33.8 Å². The van der Waals surface area contributed by atoms with Crippen molar-refractivity contribution in [1.29, 1.82) is 0 Å². The Morgan fingerprint density at radius 1 is 1.17 bits per heavy atom. The van der Waals surface area contributed by atoms with Crippen LogP contribution < -0.4 is 0 Å². The lowest BCUT2D eigenvalue weighted by atomic mass is 10.1. The van der Waals surface area contributed by atoms with E-state index in [0.29, 0.717) is 24.8 Å². The van der Waals surface area contributed by atoms with Gasteiger partial charge in [0.25, 0.3) is 0 Å². The lowest BCUT2D eigenvalue weighted by Gasteiger charge is -2.13. The molecule has 0 aliphatic carbocycles. The molecule has 126 valence electrons. The van der Waals surface area contributed by atoms with Crippen LogP contribution in [0.1, 0.15) is 31.4 Å². The van der Waals surface area contributed by atoms with Gasteiger partial charge in [0.15, 0.2) is 0 Å². The van der Waals surface area contributed by atoms with Gasteiger partial charge in [0, 0.05) is 12.2 Å². The fraction of sp³-hybridized carbons (Fsp3) is 0.368. The summed E-state index contributed by atoms with van der Waals surface area (Å²) >= 11 is 0. The minimum Gasteiger partial charge on any atom is -0.505 e. The number of aromatic nitrogens is 3. The molecule has 0 aliphatic rings. The molecule has 0 spiro atoms. The van der Waals surface area contributed by atoms with Crippen LogP contribution in [0.15, 0.2) is 36.4 Å². The standard InChI is InChI=1S/C19H23N3O2/c1-4-13(2)11-24-12-15-9-14(3)10-18(19(15)23)22-20-16-7-5-6-8-17(16)21-22/h5-10,13,23H,4,11-12H2,1-3H3. The molecule has 1 unspecified atom stereocenters. The zero-order valence-corrected chi connectivity index (χ0v) is 14.4. The number of fused-ring (bicyclic) bond motifs is 1. The van der Waals surface area contributed by atoms with E-state index in [0.717, 1.165) is 28.6 Å². The molecule has 5 nitrogen and oxygen atoms in total. The second kappa shape index (κ2) is 7.01. The number of aryl methyl sites for hydroxylation is 1. The summed E-state index contributed by atoms with van der Waals surface area (Å²) in [6.07, 6.45) is 1.08. The van der Waals surface area contributed by atoms with Crippen molar-refractivity contribution < 1.29 is 9.84 Å². The van der Waals surface area contributed by atoms with Gasteiger partial charge in [0.2, 0.25) is 0 Å². The maximum absolute atomic E-state index is 10.6. The molecule has 5 heteroatoms. The van der Waals surface area contributed by atoms with Crippen LogP contribution in [0.4, 0.5) is 0 Å². The van der Waals surface area contributed by atoms with Crippen molar-refractivity contribution in [2.75, 3.05) is 6.61 Å². The first-order valence-corrected chi connectivity index (χ1v) is 8.31. The van der Waals surface area contributed by atoms with Crippen LogP contribution in [-0.4, -0.2) is 26.7 Å². The normalized spacial score (nSPS) is 12.6. The van der Waals surface area contributed by atoms with Gasteiger partial charge >= 0.3 is 0 Å². The molecule has 0 saturated heterocycles. The highest BCUT2D eigenvalue weighted by Crippen LogP contribution is 2.28. The first kappa shape index (κ1) is 16.5. The van der Waals surface area contributed by atoms with Crippen molar-refractivity contribution >= 4 is 11.0 Å². The molecule has 1 aromatic heterocycles. The summed E-state index contributed by atoms with van der Waals surface area (Å²) < 4.78 is 5.75. The Hall–Kier alpha value is -2.40. The molecule has 3 aromatic rings. The minimum atomic E-state index is 0.171. The number of benzene rings is 2. The monoisotopic (exact) mass is 325 g/mol. The number of phenols is 1. The molecule has 0 saturated carbocycles. The third kappa shape index (κ3) is 3.41. The highest BCUT2D eigenvalue weighted by atomic mass is 16.5. The fourth-order valence-corrected chi connectivity index (χ4v) is 2.55. The second-order valence-electron chi connectivity index (χ2n) is 6.30. The van der Waals surface area contributed by atoms with Crippen LogP contribution in [0.5, 0.6) is 5.75 Å². The molecule has 0 aliphatic heterocycles. The first-order chi connectivity index (χ1) is 11.6. The summed E-state index contributed by atoms with van der Waals surface area (Å²) in [6.45, 7) is 7.35. The number of ether oxygens (including phenoxy) is 1. The SMILES string of the molecule is CCC(C)COCc1cc(C)cc(-n2nc3ccccc3n2)c1O. The van der Waals surface area contributed by atoms with Gasteiger partial charge in [-0.05, 0) is 42.7 Å². The topological polar surface area (TPSA) is 60.2 Å². The smallest absolute Gasteiger partial charge is 0.148 e. The molecule has 1 heterocycles. The van der Waals surface area contributed by atoms with Crippen LogP contribution in [0, 0.1) is 12.8 Å². The van der Waals surface area contributed by atoms with Gasteiger partial charge in [-0.25, -0.2) is 0 Å². The van der Waals surface area contributed by atoms with E-state index >= 15 is 0 Å². The Balaban J connectivity index is 1.90. The molecule has 0 bridgehead atoms. The zero-order valence-electron chi connectivity index (χ0n) is 14.4. The molecular formula is C19H23N3O2. The predicted octanol–water partition coefficient (Wildman–Crippen LogP) is 4.00. The average molecular weight is 325 g/mol.